The third kappa shape index (κ3) is 2.71. The molecule has 1 aromatic carbocycles. The second-order valence-corrected chi connectivity index (χ2v) is 5.66. The summed E-state index contributed by atoms with van der Waals surface area (Å²) in [7, 11) is 0. The molecule has 3 aromatic rings. The van der Waals surface area contributed by atoms with E-state index in [0.717, 1.165) is 0 Å². The number of rotatable bonds is 2. The first-order valence-corrected chi connectivity index (χ1v) is 7.32. The molecule has 0 saturated carbocycles. The normalized spacial score (nSPS) is 11.0. The van der Waals surface area contributed by atoms with Crippen molar-refractivity contribution in [3.8, 4) is 34.3 Å². The molecular formula is C15H11Cl2N3O3. The fraction of sp³-hybridized carbons (Fsp3) is 0.133. The van der Waals surface area contributed by atoms with Crippen molar-refractivity contribution in [1.29, 1.82) is 0 Å². The van der Waals surface area contributed by atoms with E-state index in [1.807, 2.05) is 0 Å². The van der Waals surface area contributed by atoms with Gasteiger partial charge in [-0.1, -0.05) is 28.4 Å². The minimum absolute atomic E-state index is 0.169. The van der Waals surface area contributed by atoms with E-state index in [4.69, 9.17) is 27.7 Å². The van der Waals surface area contributed by atoms with Crippen molar-refractivity contribution < 1.29 is 14.7 Å². The summed E-state index contributed by atoms with van der Waals surface area (Å²) in [5.41, 5.74) is 2.26. The molecule has 6 nitrogen and oxygen atoms in total. The van der Waals surface area contributed by atoms with Gasteiger partial charge in [-0.05, 0) is 37.6 Å². The number of aromatic nitrogens is 3. The topological polar surface area (TPSA) is 92.3 Å². The van der Waals surface area contributed by atoms with Crippen LogP contribution in [0.5, 0.6) is 11.5 Å². The van der Waals surface area contributed by atoms with Gasteiger partial charge in [0.15, 0.2) is 11.5 Å². The number of phenolic OH excluding ortho intramolecular Hbond substituents is 2. The van der Waals surface area contributed by atoms with E-state index in [-0.39, 0.29) is 28.4 Å². The predicted molar refractivity (Wildman–Crippen MR) is 85.8 cm³/mol. The zero-order chi connectivity index (χ0) is 16.7. The molecule has 2 heterocycles. The van der Waals surface area contributed by atoms with E-state index < -0.39 is 0 Å². The van der Waals surface area contributed by atoms with Gasteiger partial charge < -0.3 is 14.7 Å². The Morgan fingerprint density at radius 2 is 1.78 bits per heavy atom. The highest BCUT2D eigenvalue weighted by atomic mass is 35.5. The quantitative estimate of drug-likeness (QED) is 0.532. The Hall–Kier alpha value is -2.31. The molecule has 0 amide bonds. The van der Waals surface area contributed by atoms with Crippen molar-refractivity contribution in [3.63, 3.8) is 0 Å². The number of benzene rings is 1. The molecule has 118 valence electrons. The van der Waals surface area contributed by atoms with Gasteiger partial charge in [-0.15, -0.1) is 0 Å². The number of hydrogen-bond acceptors (Lipinski definition) is 6. The molecule has 3 rings (SSSR count). The fourth-order valence-electron chi connectivity index (χ4n) is 2.15. The van der Waals surface area contributed by atoms with Crippen LogP contribution in [0.25, 0.3) is 22.8 Å². The second-order valence-electron chi connectivity index (χ2n) is 4.93. The van der Waals surface area contributed by atoms with Crippen LogP contribution in [0.2, 0.25) is 10.2 Å². The molecule has 0 aliphatic carbocycles. The maximum absolute atomic E-state index is 9.55. The van der Waals surface area contributed by atoms with Gasteiger partial charge >= 0.3 is 0 Å². The van der Waals surface area contributed by atoms with Gasteiger partial charge in [0.25, 0.3) is 5.89 Å². The van der Waals surface area contributed by atoms with Crippen LogP contribution < -0.4 is 0 Å². The van der Waals surface area contributed by atoms with Gasteiger partial charge in [0, 0.05) is 5.56 Å². The minimum Gasteiger partial charge on any atom is -0.504 e. The average molecular weight is 352 g/mol. The van der Waals surface area contributed by atoms with E-state index in [2.05, 4.69) is 15.1 Å². The van der Waals surface area contributed by atoms with Crippen LogP contribution in [0.15, 0.2) is 22.7 Å². The Balaban J connectivity index is 2.09. The molecule has 0 bridgehead atoms. The zero-order valence-electron chi connectivity index (χ0n) is 12.1. The maximum atomic E-state index is 9.55. The molecule has 0 spiro atoms. The number of halogens is 2. The summed E-state index contributed by atoms with van der Waals surface area (Å²) < 4.78 is 5.20. The molecule has 23 heavy (non-hydrogen) atoms. The lowest BCUT2D eigenvalue weighted by Gasteiger charge is -2.07. The molecule has 2 aromatic heterocycles. The Kier molecular flexibility index (Phi) is 3.87. The third-order valence-electron chi connectivity index (χ3n) is 3.37. The molecule has 0 radical (unpaired) electrons. The molecule has 0 aliphatic heterocycles. The highest BCUT2D eigenvalue weighted by Crippen LogP contribution is 2.35. The lowest BCUT2D eigenvalue weighted by molar-refractivity contribution is 0.402. The van der Waals surface area contributed by atoms with Gasteiger partial charge in [0.1, 0.15) is 5.15 Å². The Labute approximate surface area is 141 Å². The smallest absolute Gasteiger partial charge is 0.258 e. The largest absolute Gasteiger partial charge is 0.504 e. The third-order valence-corrected chi connectivity index (χ3v) is 4.20. The molecule has 0 aliphatic rings. The average Bonchev–Trinajstić information content (AvgIpc) is 2.97. The van der Waals surface area contributed by atoms with Crippen LogP contribution >= 0.6 is 23.2 Å². The van der Waals surface area contributed by atoms with Crippen LogP contribution in [0, 0.1) is 13.8 Å². The van der Waals surface area contributed by atoms with Crippen LogP contribution in [0.1, 0.15) is 11.3 Å². The van der Waals surface area contributed by atoms with Gasteiger partial charge in [0.05, 0.1) is 16.3 Å². The first-order valence-electron chi connectivity index (χ1n) is 6.57. The highest BCUT2D eigenvalue weighted by Gasteiger charge is 2.20. The Morgan fingerprint density at radius 3 is 2.48 bits per heavy atom. The van der Waals surface area contributed by atoms with E-state index >= 15 is 0 Å². The van der Waals surface area contributed by atoms with Crippen LogP contribution in [0.3, 0.4) is 0 Å². The first-order chi connectivity index (χ1) is 10.9. The van der Waals surface area contributed by atoms with Crippen molar-refractivity contribution in [2.45, 2.75) is 13.8 Å². The van der Waals surface area contributed by atoms with E-state index in [1.54, 1.807) is 19.9 Å². The number of hydrogen-bond donors (Lipinski definition) is 2. The lowest BCUT2D eigenvalue weighted by Crippen LogP contribution is -1.95. The second kappa shape index (κ2) is 5.72. The Morgan fingerprint density at radius 1 is 1.04 bits per heavy atom. The summed E-state index contributed by atoms with van der Waals surface area (Å²) in [5, 5.41) is 23.5. The predicted octanol–water partition coefficient (Wildman–Crippen LogP) is 4.13. The molecule has 2 N–H and O–H groups in total. The van der Waals surface area contributed by atoms with Gasteiger partial charge in [0.2, 0.25) is 5.82 Å². The molecule has 0 fully saturated rings. The number of nitrogens with zero attached hydrogens (tertiary/aromatic N) is 3. The Bertz CT molecular complexity index is 909. The van der Waals surface area contributed by atoms with Crippen molar-refractivity contribution >= 4 is 23.2 Å². The van der Waals surface area contributed by atoms with Crippen molar-refractivity contribution in [2.24, 2.45) is 0 Å². The summed E-state index contributed by atoms with van der Waals surface area (Å²) >= 11 is 12.4. The van der Waals surface area contributed by atoms with E-state index in [0.29, 0.717) is 27.4 Å². The summed E-state index contributed by atoms with van der Waals surface area (Å²) in [6.45, 7) is 3.55. The molecule has 8 heteroatoms. The monoisotopic (exact) mass is 351 g/mol. The van der Waals surface area contributed by atoms with E-state index in [1.165, 1.54) is 12.1 Å². The van der Waals surface area contributed by atoms with Crippen LogP contribution in [-0.2, 0) is 0 Å². The van der Waals surface area contributed by atoms with Gasteiger partial charge in [-0.2, -0.15) is 4.98 Å². The SMILES string of the molecule is Cc1nc(Cl)c(-c2noc(-c3ccc(O)c(O)c3)n2)c(C)c1Cl. The minimum atomic E-state index is -0.281. The summed E-state index contributed by atoms with van der Waals surface area (Å²) in [4.78, 5) is 8.42. The van der Waals surface area contributed by atoms with Gasteiger partial charge in [-0.3, -0.25) is 0 Å². The highest BCUT2D eigenvalue weighted by molar-refractivity contribution is 6.35. The lowest BCUT2D eigenvalue weighted by atomic mass is 10.1. The number of aryl methyl sites for hydroxylation is 1. The number of aromatic hydroxyl groups is 2. The zero-order valence-corrected chi connectivity index (χ0v) is 13.6. The molecular weight excluding hydrogens is 341 g/mol. The first kappa shape index (κ1) is 15.6. The summed E-state index contributed by atoms with van der Waals surface area (Å²) in [6.07, 6.45) is 0. The fourth-order valence-corrected chi connectivity index (χ4v) is 2.64. The van der Waals surface area contributed by atoms with Crippen LogP contribution in [-0.4, -0.2) is 25.3 Å². The number of pyridine rings is 1. The van der Waals surface area contributed by atoms with Crippen molar-refractivity contribution in [3.05, 3.63) is 39.6 Å². The molecule has 0 unspecified atom stereocenters. The molecule has 0 atom stereocenters. The van der Waals surface area contributed by atoms with Crippen LogP contribution in [0.4, 0.5) is 0 Å². The van der Waals surface area contributed by atoms with Crippen molar-refractivity contribution in [1.82, 2.24) is 15.1 Å². The van der Waals surface area contributed by atoms with E-state index in [9.17, 15) is 10.2 Å². The van der Waals surface area contributed by atoms with Gasteiger partial charge in [-0.25, -0.2) is 4.98 Å². The standard InChI is InChI=1S/C15H11Cl2N3O3/c1-6-11(13(17)18-7(2)12(6)16)14-19-15(23-20-14)8-3-4-9(21)10(22)5-8/h3-5,21-22H,1-2H3. The summed E-state index contributed by atoms with van der Waals surface area (Å²) in [5.74, 6) is -0.106. The summed E-state index contributed by atoms with van der Waals surface area (Å²) in [6, 6.07) is 4.19. The maximum Gasteiger partial charge on any atom is 0.258 e. The molecule has 0 saturated heterocycles. The van der Waals surface area contributed by atoms with Crippen molar-refractivity contribution in [2.75, 3.05) is 0 Å². The number of phenols is 2.